The van der Waals surface area contributed by atoms with Crippen LogP contribution in [0.2, 0.25) is 0 Å². The van der Waals surface area contributed by atoms with Crippen LogP contribution in [0.15, 0.2) is 18.2 Å². The molecule has 17 heavy (non-hydrogen) atoms. The van der Waals surface area contributed by atoms with Crippen molar-refractivity contribution in [1.82, 2.24) is 0 Å². The minimum Gasteiger partial charge on any atom is -0.496 e. The lowest BCUT2D eigenvalue weighted by molar-refractivity contribution is -0.137. The van der Waals surface area contributed by atoms with Crippen molar-refractivity contribution in [1.29, 1.82) is 0 Å². The average molecular weight is 348 g/mol. The molecule has 4 nitrogen and oxygen atoms in total. The Kier molecular flexibility index (Phi) is 5.40. The molecule has 1 rings (SSSR count). The number of methoxy groups -OCH3 is 1. The van der Waals surface area contributed by atoms with E-state index in [2.05, 4.69) is 22.6 Å². The van der Waals surface area contributed by atoms with Gasteiger partial charge in [0.15, 0.2) is 5.78 Å². The van der Waals surface area contributed by atoms with Gasteiger partial charge >= 0.3 is 5.97 Å². The highest BCUT2D eigenvalue weighted by Crippen LogP contribution is 2.23. The quantitative estimate of drug-likeness (QED) is 0.634. The molecule has 1 N–H and O–H groups in total. The van der Waals surface area contributed by atoms with Gasteiger partial charge in [-0.15, -0.1) is 0 Å². The van der Waals surface area contributed by atoms with Gasteiger partial charge in [0.2, 0.25) is 0 Å². The van der Waals surface area contributed by atoms with Gasteiger partial charge < -0.3 is 9.84 Å². The summed E-state index contributed by atoms with van der Waals surface area (Å²) in [7, 11) is 1.51. The molecule has 0 unspecified atom stereocenters. The zero-order valence-corrected chi connectivity index (χ0v) is 11.6. The second-order valence-corrected chi connectivity index (χ2v) is 4.76. The number of ether oxygens (including phenoxy) is 1. The second kappa shape index (κ2) is 6.58. The van der Waals surface area contributed by atoms with Crippen LogP contribution in [0.4, 0.5) is 0 Å². The predicted molar refractivity (Wildman–Crippen MR) is 71.5 cm³/mol. The minimum absolute atomic E-state index is 0.0119. The number of rotatable bonds is 6. The largest absolute Gasteiger partial charge is 0.496 e. The first kappa shape index (κ1) is 14.0. The number of carboxylic acid groups (broad SMARTS) is 1. The van der Waals surface area contributed by atoms with Gasteiger partial charge in [0.1, 0.15) is 5.75 Å². The fourth-order valence-electron chi connectivity index (χ4n) is 1.43. The van der Waals surface area contributed by atoms with Crippen LogP contribution in [0.1, 0.15) is 29.6 Å². The molecule has 1 aromatic carbocycles. The molecule has 0 heterocycles. The summed E-state index contributed by atoms with van der Waals surface area (Å²) in [4.78, 5) is 22.2. The first-order valence-electron chi connectivity index (χ1n) is 5.13. The van der Waals surface area contributed by atoms with Gasteiger partial charge in [0.25, 0.3) is 0 Å². The molecule has 0 radical (unpaired) electrons. The number of aliphatic carboxylic acids is 1. The van der Waals surface area contributed by atoms with E-state index in [4.69, 9.17) is 9.84 Å². The molecule has 0 spiro atoms. The van der Waals surface area contributed by atoms with Crippen LogP contribution >= 0.6 is 22.6 Å². The van der Waals surface area contributed by atoms with Crippen molar-refractivity contribution in [3.63, 3.8) is 0 Å². The molecule has 0 fully saturated rings. The maximum Gasteiger partial charge on any atom is 0.303 e. The molecule has 1 aromatic rings. The van der Waals surface area contributed by atoms with Crippen molar-refractivity contribution >= 4 is 34.3 Å². The summed E-state index contributed by atoms with van der Waals surface area (Å²) in [5.41, 5.74) is 0.518. The van der Waals surface area contributed by atoms with Gasteiger partial charge in [-0.1, -0.05) is 0 Å². The van der Waals surface area contributed by atoms with Gasteiger partial charge in [-0.05, 0) is 47.2 Å². The smallest absolute Gasteiger partial charge is 0.303 e. The molecular formula is C12H13IO4. The predicted octanol–water partition coefficient (Wildman–Crippen LogP) is 2.74. The fourth-order valence-corrected chi connectivity index (χ4v) is 1.92. The van der Waals surface area contributed by atoms with Crippen LogP contribution in [0.25, 0.3) is 0 Å². The number of carboxylic acids is 1. The van der Waals surface area contributed by atoms with E-state index < -0.39 is 5.97 Å². The lowest BCUT2D eigenvalue weighted by Gasteiger charge is -2.07. The third-order valence-electron chi connectivity index (χ3n) is 2.26. The van der Waals surface area contributed by atoms with Crippen LogP contribution in [0.5, 0.6) is 5.75 Å². The Hall–Kier alpha value is -1.11. The fraction of sp³-hybridized carbons (Fsp3) is 0.333. The summed E-state index contributed by atoms with van der Waals surface area (Å²) < 4.78 is 6.06. The standard InChI is InChI=1S/C12H13IO4/c1-17-11-6-5-8(13)7-9(11)10(14)3-2-4-12(15)16/h5-7H,2-4H2,1H3,(H,15,16). The average Bonchev–Trinajstić information content (AvgIpc) is 2.28. The second-order valence-electron chi connectivity index (χ2n) is 3.52. The third-order valence-corrected chi connectivity index (χ3v) is 2.93. The zero-order valence-electron chi connectivity index (χ0n) is 9.40. The number of halogens is 1. The van der Waals surface area contributed by atoms with Crippen molar-refractivity contribution in [3.05, 3.63) is 27.3 Å². The lowest BCUT2D eigenvalue weighted by Crippen LogP contribution is -2.04. The molecule has 0 aromatic heterocycles. The summed E-state index contributed by atoms with van der Waals surface area (Å²) in [6.07, 6.45) is 0.587. The van der Waals surface area contributed by atoms with E-state index in [0.29, 0.717) is 17.7 Å². The molecule has 0 aliphatic heterocycles. The Morgan fingerprint density at radius 3 is 2.65 bits per heavy atom. The van der Waals surface area contributed by atoms with E-state index in [0.717, 1.165) is 3.57 Å². The first-order valence-corrected chi connectivity index (χ1v) is 6.21. The summed E-state index contributed by atoms with van der Waals surface area (Å²) >= 11 is 2.12. The SMILES string of the molecule is COc1ccc(I)cc1C(=O)CCCC(=O)O. The topological polar surface area (TPSA) is 63.6 Å². The van der Waals surface area contributed by atoms with E-state index in [1.165, 1.54) is 7.11 Å². The van der Waals surface area contributed by atoms with Gasteiger partial charge in [-0.2, -0.15) is 0 Å². The van der Waals surface area contributed by atoms with Crippen molar-refractivity contribution in [2.45, 2.75) is 19.3 Å². The Bertz CT molecular complexity index is 429. The molecule has 0 amide bonds. The summed E-state index contributed by atoms with van der Waals surface area (Å²) in [6, 6.07) is 5.35. The summed E-state index contributed by atoms with van der Waals surface area (Å²) in [5, 5.41) is 8.50. The number of hydrogen-bond acceptors (Lipinski definition) is 3. The normalized spacial score (nSPS) is 10.0. The Morgan fingerprint density at radius 1 is 1.35 bits per heavy atom. The van der Waals surface area contributed by atoms with Crippen LogP contribution in [-0.4, -0.2) is 24.0 Å². The van der Waals surface area contributed by atoms with Gasteiger partial charge in [0.05, 0.1) is 12.7 Å². The first-order chi connectivity index (χ1) is 8.04. The molecular weight excluding hydrogens is 335 g/mol. The number of benzene rings is 1. The van der Waals surface area contributed by atoms with E-state index in [1.54, 1.807) is 12.1 Å². The van der Waals surface area contributed by atoms with Crippen molar-refractivity contribution in [2.24, 2.45) is 0 Å². The lowest BCUT2D eigenvalue weighted by atomic mass is 10.0. The van der Waals surface area contributed by atoms with Crippen molar-refractivity contribution in [2.75, 3.05) is 7.11 Å². The van der Waals surface area contributed by atoms with Crippen LogP contribution in [0.3, 0.4) is 0 Å². The third kappa shape index (κ3) is 4.33. The number of carbonyl (C=O) groups is 2. The maximum absolute atomic E-state index is 11.9. The summed E-state index contributed by atoms with van der Waals surface area (Å²) in [6.45, 7) is 0. The van der Waals surface area contributed by atoms with Gasteiger partial charge in [-0.3, -0.25) is 9.59 Å². The zero-order chi connectivity index (χ0) is 12.8. The number of carbonyl (C=O) groups excluding carboxylic acids is 1. The van der Waals surface area contributed by atoms with Crippen LogP contribution in [-0.2, 0) is 4.79 Å². The Labute approximate surface area is 113 Å². The van der Waals surface area contributed by atoms with Crippen LogP contribution < -0.4 is 4.74 Å². The Morgan fingerprint density at radius 2 is 2.06 bits per heavy atom. The van der Waals surface area contributed by atoms with Crippen molar-refractivity contribution in [3.8, 4) is 5.75 Å². The Balaban J connectivity index is 2.73. The molecule has 92 valence electrons. The van der Waals surface area contributed by atoms with E-state index in [1.807, 2.05) is 6.07 Å². The monoisotopic (exact) mass is 348 g/mol. The molecule has 0 aliphatic carbocycles. The van der Waals surface area contributed by atoms with Crippen LogP contribution in [0, 0.1) is 3.57 Å². The van der Waals surface area contributed by atoms with E-state index >= 15 is 0 Å². The van der Waals surface area contributed by atoms with Gasteiger partial charge in [-0.25, -0.2) is 0 Å². The summed E-state index contributed by atoms with van der Waals surface area (Å²) in [5.74, 6) is -0.431. The van der Waals surface area contributed by atoms with Crippen molar-refractivity contribution < 1.29 is 19.4 Å². The van der Waals surface area contributed by atoms with E-state index in [9.17, 15) is 9.59 Å². The van der Waals surface area contributed by atoms with E-state index in [-0.39, 0.29) is 18.6 Å². The molecule has 0 atom stereocenters. The van der Waals surface area contributed by atoms with Gasteiger partial charge in [0, 0.05) is 16.4 Å². The highest BCUT2D eigenvalue weighted by molar-refractivity contribution is 14.1. The molecule has 0 saturated carbocycles. The number of ketones is 1. The number of hydrogen-bond donors (Lipinski definition) is 1. The highest BCUT2D eigenvalue weighted by atomic mass is 127. The highest BCUT2D eigenvalue weighted by Gasteiger charge is 2.13. The maximum atomic E-state index is 11.9. The molecule has 0 saturated heterocycles. The minimum atomic E-state index is -0.882. The molecule has 0 aliphatic rings. The number of Topliss-reactive ketones (excluding diaryl/α,β-unsaturated/α-hetero) is 1. The molecule has 5 heteroatoms. The molecule has 0 bridgehead atoms.